The fraction of sp³-hybridized carbons (Fsp3) is 0.235. The topological polar surface area (TPSA) is 53.1 Å². The molecular formula is C17H19N3O. The fourth-order valence-electron chi connectivity index (χ4n) is 2.63. The molecule has 0 aliphatic carbocycles. The molecule has 0 fully saturated rings. The van der Waals surface area contributed by atoms with Crippen LogP contribution in [0.15, 0.2) is 54.9 Å². The zero-order valence-electron chi connectivity index (χ0n) is 12.1. The first kappa shape index (κ1) is 13.6. The lowest BCUT2D eigenvalue weighted by Gasteiger charge is -2.15. The SMILES string of the molecule is COc1ccccc1CC(N)Cn1cnc2ccccc21. The molecule has 2 aromatic carbocycles. The van der Waals surface area contributed by atoms with Gasteiger partial charge in [0.1, 0.15) is 5.75 Å². The van der Waals surface area contributed by atoms with Crippen LogP contribution in [0.1, 0.15) is 5.56 Å². The molecule has 1 aromatic heterocycles. The molecule has 108 valence electrons. The summed E-state index contributed by atoms with van der Waals surface area (Å²) in [5.74, 6) is 0.892. The molecule has 0 saturated carbocycles. The Morgan fingerprint density at radius 2 is 1.90 bits per heavy atom. The van der Waals surface area contributed by atoms with Crippen LogP contribution in [-0.4, -0.2) is 22.7 Å². The van der Waals surface area contributed by atoms with Crippen molar-refractivity contribution in [1.82, 2.24) is 9.55 Å². The van der Waals surface area contributed by atoms with Crippen molar-refractivity contribution in [3.8, 4) is 5.75 Å². The van der Waals surface area contributed by atoms with Gasteiger partial charge in [0.25, 0.3) is 0 Å². The van der Waals surface area contributed by atoms with Gasteiger partial charge >= 0.3 is 0 Å². The summed E-state index contributed by atoms with van der Waals surface area (Å²) < 4.78 is 7.48. The van der Waals surface area contributed by atoms with E-state index in [9.17, 15) is 0 Å². The van der Waals surface area contributed by atoms with E-state index in [-0.39, 0.29) is 6.04 Å². The van der Waals surface area contributed by atoms with Crippen molar-refractivity contribution in [2.45, 2.75) is 19.0 Å². The summed E-state index contributed by atoms with van der Waals surface area (Å²) in [5.41, 5.74) is 9.56. The molecule has 0 aliphatic heterocycles. The lowest BCUT2D eigenvalue weighted by atomic mass is 10.1. The van der Waals surface area contributed by atoms with E-state index in [1.807, 2.05) is 42.7 Å². The van der Waals surface area contributed by atoms with Crippen LogP contribution in [0, 0.1) is 0 Å². The number of imidazole rings is 1. The van der Waals surface area contributed by atoms with Crippen LogP contribution >= 0.6 is 0 Å². The van der Waals surface area contributed by atoms with E-state index in [2.05, 4.69) is 21.7 Å². The van der Waals surface area contributed by atoms with Crippen LogP contribution in [-0.2, 0) is 13.0 Å². The average Bonchev–Trinajstić information content (AvgIpc) is 2.91. The number of para-hydroxylation sites is 3. The lowest BCUT2D eigenvalue weighted by Crippen LogP contribution is -2.28. The number of nitrogens with zero attached hydrogens (tertiary/aromatic N) is 2. The maximum atomic E-state index is 6.31. The summed E-state index contributed by atoms with van der Waals surface area (Å²) in [6, 6.07) is 16.1. The molecule has 1 atom stereocenters. The van der Waals surface area contributed by atoms with Gasteiger partial charge in [-0.2, -0.15) is 0 Å². The van der Waals surface area contributed by atoms with Crippen molar-refractivity contribution >= 4 is 11.0 Å². The second-order valence-corrected chi connectivity index (χ2v) is 5.16. The number of nitrogens with two attached hydrogens (primary N) is 1. The molecule has 0 saturated heterocycles. The monoisotopic (exact) mass is 281 g/mol. The summed E-state index contributed by atoms with van der Waals surface area (Å²) in [6.07, 6.45) is 2.63. The van der Waals surface area contributed by atoms with Gasteiger partial charge in [0.2, 0.25) is 0 Å². The third kappa shape index (κ3) is 2.90. The second kappa shape index (κ2) is 5.97. The summed E-state index contributed by atoms with van der Waals surface area (Å²) in [6.45, 7) is 0.735. The maximum absolute atomic E-state index is 6.31. The highest BCUT2D eigenvalue weighted by atomic mass is 16.5. The van der Waals surface area contributed by atoms with Crippen molar-refractivity contribution in [3.63, 3.8) is 0 Å². The molecule has 3 aromatic rings. The van der Waals surface area contributed by atoms with E-state index in [1.54, 1.807) is 7.11 Å². The van der Waals surface area contributed by atoms with Gasteiger partial charge in [-0.1, -0.05) is 30.3 Å². The van der Waals surface area contributed by atoms with Crippen LogP contribution in [0.2, 0.25) is 0 Å². The summed E-state index contributed by atoms with van der Waals surface area (Å²) in [7, 11) is 1.69. The number of methoxy groups -OCH3 is 1. The first-order valence-electron chi connectivity index (χ1n) is 7.05. The minimum atomic E-state index is 0.0129. The van der Waals surface area contributed by atoms with Gasteiger partial charge in [-0.05, 0) is 30.2 Å². The normalized spacial score (nSPS) is 12.5. The molecule has 0 aliphatic rings. The number of rotatable bonds is 5. The molecule has 1 heterocycles. The minimum absolute atomic E-state index is 0.0129. The average molecular weight is 281 g/mol. The Balaban J connectivity index is 1.76. The lowest BCUT2D eigenvalue weighted by molar-refractivity contribution is 0.406. The maximum Gasteiger partial charge on any atom is 0.122 e. The highest BCUT2D eigenvalue weighted by Gasteiger charge is 2.10. The van der Waals surface area contributed by atoms with Gasteiger partial charge in [-0.3, -0.25) is 0 Å². The van der Waals surface area contributed by atoms with E-state index in [0.717, 1.165) is 35.3 Å². The molecule has 0 radical (unpaired) electrons. The molecule has 4 heteroatoms. The number of fused-ring (bicyclic) bond motifs is 1. The van der Waals surface area contributed by atoms with Gasteiger partial charge in [0, 0.05) is 12.6 Å². The van der Waals surface area contributed by atoms with Gasteiger partial charge in [-0.25, -0.2) is 4.98 Å². The number of hydrogen-bond acceptors (Lipinski definition) is 3. The second-order valence-electron chi connectivity index (χ2n) is 5.16. The Morgan fingerprint density at radius 1 is 1.14 bits per heavy atom. The van der Waals surface area contributed by atoms with E-state index < -0.39 is 0 Å². The Morgan fingerprint density at radius 3 is 2.76 bits per heavy atom. The first-order valence-corrected chi connectivity index (χ1v) is 7.05. The molecule has 2 N–H and O–H groups in total. The van der Waals surface area contributed by atoms with Crippen molar-refractivity contribution in [2.24, 2.45) is 5.73 Å². The van der Waals surface area contributed by atoms with E-state index in [0.29, 0.717) is 0 Å². The molecule has 0 spiro atoms. The Bertz CT molecular complexity index is 735. The van der Waals surface area contributed by atoms with Crippen molar-refractivity contribution in [3.05, 3.63) is 60.4 Å². The van der Waals surface area contributed by atoms with Gasteiger partial charge < -0.3 is 15.0 Å². The van der Waals surface area contributed by atoms with Crippen LogP contribution in [0.3, 0.4) is 0 Å². The van der Waals surface area contributed by atoms with E-state index in [1.165, 1.54) is 0 Å². The largest absolute Gasteiger partial charge is 0.496 e. The van der Waals surface area contributed by atoms with Crippen LogP contribution < -0.4 is 10.5 Å². The van der Waals surface area contributed by atoms with E-state index >= 15 is 0 Å². The third-order valence-electron chi connectivity index (χ3n) is 3.63. The zero-order chi connectivity index (χ0) is 14.7. The highest BCUT2D eigenvalue weighted by Crippen LogP contribution is 2.19. The highest BCUT2D eigenvalue weighted by molar-refractivity contribution is 5.74. The van der Waals surface area contributed by atoms with Crippen LogP contribution in [0.5, 0.6) is 5.75 Å². The minimum Gasteiger partial charge on any atom is -0.496 e. The standard InChI is InChI=1S/C17H19N3O/c1-21-17-9-5-2-6-13(17)10-14(18)11-20-12-19-15-7-3-4-8-16(15)20/h2-9,12,14H,10-11,18H2,1H3. The molecular weight excluding hydrogens is 262 g/mol. The predicted octanol–water partition coefficient (Wildman–Crippen LogP) is 2.61. The summed E-state index contributed by atoms with van der Waals surface area (Å²) in [4.78, 5) is 4.40. The predicted molar refractivity (Wildman–Crippen MR) is 84.4 cm³/mol. The molecule has 0 bridgehead atoms. The number of hydrogen-bond donors (Lipinski definition) is 1. The van der Waals surface area contributed by atoms with Crippen molar-refractivity contribution in [2.75, 3.05) is 7.11 Å². The fourth-order valence-corrected chi connectivity index (χ4v) is 2.63. The van der Waals surface area contributed by atoms with E-state index in [4.69, 9.17) is 10.5 Å². The van der Waals surface area contributed by atoms with Crippen LogP contribution in [0.25, 0.3) is 11.0 Å². The quantitative estimate of drug-likeness (QED) is 0.782. The smallest absolute Gasteiger partial charge is 0.122 e. The third-order valence-corrected chi connectivity index (χ3v) is 3.63. The zero-order valence-corrected chi connectivity index (χ0v) is 12.1. The number of benzene rings is 2. The Labute approximate surface area is 124 Å². The van der Waals surface area contributed by atoms with Gasteiger partial charge in [-0.15, -0.1) is 0 Å². The molecule has 4 nitrogen and oxygen atoms in total. The Hall–Kier alpha value is -2.33. The number of aromatic nitrogens is 2. The molecule has 0 amide bonds. The molecule has 1 unspecified atom stereocenters. The summed E-state index contributed by atoms with van der Waals surface area (Å²) >= 11 is 0. The molecule has 3 rings (SSSR count). The van der Waals surface area contributed by atoms with Crippen molar-refractivity contribution in [1.29, 1.82) is 0 Å². The first-order chi connectivity index (χ1) is 10.3. The number of ether oxygens (including phenoxy) is 1. The van der Waals surface area contributed by atoms with Crippen molar-refractivity contribution < 1.29 is 4.74 Å². The van der Waals surface area contributed by atoms with Crippen LogP contribution in [0.4, 0.5) is 0 Å². The Kier molecular flexibility index (Phi) is 3.88. The molecule has 21 heavy (non-hydrogen) atoms. The van der Waals surface area contributed by atoms with Gasteiger partial charge in [0.15, 0.2) is 0 Å². The van der Waals surface area contributed by atoms with Gasteiger partial charge in [0.05, 0.1) is 24.5 Å². The summed E-state index contributed by atoms with van der Waals surface area (Å²) in [5, 5.41) is 0.